The second kappa shape index (κ2) is 7.46. The number of urea groups is 1. The van der Waals surface area contributed by atoms with Crippen LogP contribution in [0.4, 0.5) is 4.79 Å². The quantitative estimate of drug-likeness (QED) is 0.838. The lowest BCUT2D eigenvalue weighted by molar-refractivity contribution is 0.170. The Labute approximate surface area is 157 Å². The zero-order chi connectivity index (χ0) is 18.8. The van der Waals surface area contributed by atoms with E-state index in [-0.39, 0.29) is 12.1 Å². The Morgan fingerprint density at radius 1 is 1.30 bits per heavy atom. The van der Waals surface area contributed by atoms with Gasteiger partial charge >= 0.3 is 6.03 Å². The number of carbonyl (C=O) groups is 1. The lowest BCUT2D eigenvalue weighted by Crippen LogP contribution is -2.39. The molecule has 144 valence electrons. The van der Waals surface area contributed by atoms with Crippen LogP contribution in [0.2, 0.25) is 0 Å². The van der Waals surface area contributed by atoms with Crippen molar-refractivity contribution in [2.75, 3.05) is 26.8 Å². The van der Waals surface area contributed by atoms with Gasteiger partial charge in [-0.1, -0.05) is 11.2 Å². The maximum Gasteiger partial charge on any atom is 0.317 e. The number of benzene rings is 1. The molecule has 1 aromatic carbocycles. The molecule has 0 saturated heterocycles. The van der Waals surface area contributed by atoms with Crippen LogP contribution >= 0.6 is 0 Å². The maximum absolute atomic E-state index is 12.5. The fraction of sp³-hybridized carbons (Fsp3) is 0.526. The fourth-order valence-corrected chi connectivity index (χ4v) is 3.00. The van der Waals surface area contributed by atoms with Crippen molar-refractivity contribution in [3.63, 3.8) is 0 Å². The second-order valence-electron chi connectivity index (χ2n) is 6.99. The van der Waals surface area contributed by atoms with Crippen molar-refractivity contribution in [1.29, 1.82) is 0 Å². The molecule has 27 heavy (non-hydrogen) atoms. The third-order valence-corrected chi connectivity index (χ3v) is 4.99. The monoisotopic (exact) mass is 372 g/mol. The number of hydrogen-bond acceptors (Lipinski definition) is 6. The number of rotatable bonds is 6. The number of fused-ring (bicyclic) bond motifs is 1. The van der Waals surface area contributed by atoms with Crippen LogP contribution in [-0.4, -0.2) is 47.9 Å². The van der Waals surface area contributed by atoms with E-state index in [4.69, 9.17) is 14.0 Å². The van der Waals surface area contributed by atoms with E-state index in [1.54, 1.807) is 11.9 Å². The molecule has 8 nitrogen and oxygen atoms in total. The SMILES string of the molecule is CC(c1ccc2c(c1)OCCO2)N(C)C(=O)NCCc1nc(C2CC2)no1. The normalized spacial score (nSPS) is 16.7. The first kappa shape index (κ1) is 17.6. The van der Waals surface area contributed by atoms with Gasteiger partial charge in [0.15, 0.2) is 17.3 Å². The summed E-state index contributed by atoms with van der Waals surface area (Å²) in [5, 5.41) is 6.88. The van der Waals surface area contributed by atoms with Gasteiger partial charge in [0.25, 0.3) is 0 Å². The van der Waals surface area contributed by atoms with Crippen molar-refractivity contribution < 1.29 is 18.8 Å². The molecule has 1 atom stereocenters. The molecule has 1 aliphatic heterocycles. The number of nitrogens with zero attached hydrogens (tertiary/aromatic N) is 3. The first-order valence-corrected chi connectivity index (χ1v) is 9.34. The Morgan fingerprint density at radius 3 is 2.85 bits per heavy atom. The molecular formula is C19H24N4O4. The summed E-state index contributed by atoms with van der Waals surface area (Å²) in [4.78, 5) is 18.5. The fourth-order valence-electron chi connectivity index (χ4n) is 3.00. The van der Waals surface area contributed by atoms with Crippen LogP contribution in [0, 0.1) is 0 Å². The van der Waals surface area contributed by atoms with E-state index < -0.39 is 0 Å². The van der Waals surface area contributed by atoms with Crippen molar-refractivity contribution >= 4 is 6.03 Å². The largest absolute Gasteiger partial charge is 0.486 e. The first-order chi connectivity index (χ1) is 13.1. The van der Waals surface area contributed by atoms with Gasteiger partial charge in [-0.15, -0.1) is 0 Å². The predicted octanol–water partition coefficient (Wildman–Crippen LogP) is 2.66. The van der Waals surface area contributed by atoms with E-state index in [1.807, 2.05) is 25.1 Å². The highest BCUT2D eigenvalue weighted by molar-refractivity contribution is 5.74. The van der Waals surface area contributed by atoms with Crippen LogP contribution in [-0.2, 0) is 6.42 Å². The van der Waals surface area contributed by atoms with E-state index in [0.717, 1.165) is 35.7 Å². The number of aromatic nitrogens is 2. The van der Waals surface area contributed by atoms with E-state index in [0.29, 0.717) is 38.0 Å². The molecule has 4 rings (SSSR count). The minimum absolute atomic E-state index is 0.106. The molecule has 2 aromatic rings. The summed E-state index contributed by atoms with van der Waals surface area (Å²) in [5.74, 6) is 3.30. The van der Waals surface area contributed by atoms with Crippen LogP contribution in [0.15, 0.2) is 22.7 Å². The van der Waals surface area contributed by atoms with Crippen LogP contribution in [0.3, 0.4) is 0 Å². The van der Waals surface area contributed by atoms with E-state index in [2.05, 4.69) is 15.5 Å². The van der Waals surface area contributed by atoms with E-state index >= 15 is 0 Å². The molecule has 1 aliphatic carbocycles. The summed E-state index contributed by atoms with van der Waals surface area (Å²) >= 11 is 0. The number of hydrogen-bond donors (Lipinski definition) is 1. The Kier molecular flexibility index (Phi) is 4.87. The molecule has 1 fully saturated rings. The lowest BCUT2D eigenvalue weighted by Gasteiger charge is -2.27. The number of amides is 2. The third kappa shape index (κ3) is 3.99. The highest BCUT2D eigenvalue weighted by Gasteiger charge is 2.28. The van der Waals surface area contributed by atoms with Gasteiger partial charge in [0.2, 0.25) is 5.89 Å². The average molecular weight is 372 g/mol. The molecule has 0 bridgehead atoms. The van der Waals surface area contributed by atoms with Gasteiger partial charge in [0, 0.05) is 25.9 Å². The number of ether oxygens (including phenoxy) is 2. The Hall–Kier alpha value is -2.77. The Morgan fingerprint density at radius 2 is 2.07 bits per heavy atom. The number of carbonyl (C=O) groups excluding carboxylic acids is 1. The van der Waals surface area contributed by atoms with E-state index in [9.17, 15) is 4.79 Å². The molecule has 1 saturated carbocycles. The predicted molar refractivity (Wildman–Crippen MR) is 97.0 cm³/mol. The topological polar surface area (TPSA) is 89.7 Å². The van der Waals surface area contributed by atoms with Crippen molar-refractivity contribution in [2.45, 2.75) is 38.1 Å². The second-order valence-corrected chi connectivity index (χ2v) is 6.99. The highest BCUT2D eigenvalue weighted by Crippen LogP contribution is 2.38. The van der Waals surface area contributed by atoms with Crippen LogP contribution < -0.4 is 14.8 Å². The van der Waals surface area contributed by atoms with Crippen molar-refractivity contribution in [1.82, 2.24) is 20.4 Å². The standard InChI is InChI=1S/C19H24N4O4/c1-12(14-5-6-15-16(11-14)26-10-9-25-15)23(2)19(24)20-8-7-17-21-18(22-27-17)13-3-4-13/h5-6,11-13H,3-4,7-10H2,1-2H3,(H,20,24). The summed E-state index contributed by atoms with van der Waals surface area (Å²) in [6.07, 6.45) is 2.80. The summed E-state index contributed by atoms with van der Waals surface area (Å²) < 4.78 is 16.4. The Balaban J connectivity index is 1.29. The van der Waals surface area contributed by atoms with Gasteiger partial charge < -0.3 is 24.2 Å². The van der Waals surface area contributed by atoms with Gasteiger partial charge in [-0.2, -0.15) is 4.98 Å². The van der Waals surface area contributed by atoms with Crippen molar-refractivity contribution in [3.05, 3.63) is 35.5 Å². The molecular weight excluding hydrogens is 348 g/mol. The van der Waals surface area contributed by atoms with Crippen molar-refractivity contribution in [3.8, 4) is 11.5 Å². The van der Waals surface area contributed by atoms with Gasteiger partial charge in [-0.05, 0) is 37.5 Å². The van der Waals surface area contributed by atoms with Gasteiger partial charge in [0.1, 0.15) is 13.2 Å². The zero-order valence-electron chi connectivity index (χ0n) is 15.6. The van der Waals surface area contributed by atoms with Crippen LogP contribution in [0.1, 0.15) is 49.0 Å². The minimum Gasteiger partial charge on any atom is -0.486 e. The van der Waals surface area contributed by atoms with E-state index in [1.165, 1.54) is 0 Å². The van der Waals surface area contributed by atoms with Gasteiger partial charge in [0.05, 0.1) is 6.04 Å². The van der Waals surface area contributed by atoms with Crippen LogP contribution in [0.5, 0.6) is 11.5 Å². The van der Waals surface area contributed by atoms with Gasteiger partial charge in [-0.3, -0.25) is 0 Å². The third-order valence-electron chi connectivity index (χ3n) is 4.99. The minimum atomic E-state index is -0.153. The molecule has 8 heteroatoms. The summed E-state index contributed by atoms with van der Waals surface area (Å²) in [6.45, 7) is 3.53. The molecule has 1 unspecified atom stereocenters. The molecule has 1 N–H and O–H groups in total. The number of nitrogens with one attached hydrogen (secondary N) is 1. The summed E-state index contributed by atoms with van der Waals surface area (Å²) in [6, 6.07) is 5.52. The average Bonchev–Trinajstić information content (AvgIpc) is 3.45. The molecule has 1 aromatic heterocycles. The molecule has 0 spiro atoms. The van der Waals surface area contributed by atoms with Gasteiger partial charge in [-0.25, -0.2) is 4.79 Å². The van der Waals surface area contributed by atoms with Crippen LogP contribution in [0.25, 0.3) is 0 Å². The molecule has 0 radical (unpaired) electrons. The first-order valence-electron chi connectivity index (χ1n) is 9.34. The smallest absolute Gasteiger partial charge is 0.317 e. The maximum atomic E-state index is 12.5. The van der Waals surface area contributed by atoms with Crippen molar-refractivity contribution in [2.24, 2.45) is 0 Å². The molecule has 2 aliphatic rings. The zero-order valence-corrected chi connectivity index (χ0v) is 15.6. The molecule has 2 amide bonds. The highest BCUT2D eigenvalue weighted by atomic mass is 16.6. The molecule has 2 heterocycles. The summed E-state index contributed by atoms with van der Waals surface area (Å²) in [7, 11) is 1.77. The summed E-state index contributed by atoms with van der Waals surface area (Å²) in [5.41, 5.74) is 0.989. The lowest BCUT2D eigenvalue weighted by atomic mass is 10.1. The Bertz CT molecular complexity index is 818.